The maximum absolute atomic E-state index is 13.6. The standard InChI is InChI=1S/C26H24F2N2O3/c27-19-9-5-16(6-10-19)24-25(17-7-11-20(28)12-8-17)30(26(29-24)18-3-4-18)13-1-2-22-14-21(31)15-23(32)33-22/h1-2,5-12,18,21-22,31H,3-4,13-15H2. The molecule has 33 heavy (non-hydrogen) atoms. The smallest absolute Gasteiger partial charge is 0.309 e. The fourth-order valence-electron chi connectivity index (χ4n) is 4.26. The molecule has 2 atom stereocenters. The third-order valence-corrected chi connectivity index (χ3v) is 6.00. The van der Waals surface area contributed by atoms with Crippen molar-refractivity contribution in [2.24, 2.45) is 0 Å². The summed E-state index contributed by atoms with van der Waals surface area (Å²) in [6.07, 6.45) is 5.00. The number of aliphatic hydroxyl groups excluding tert-OH is 1. The molecule has 2 fully saturated rings. The zero-order chi connectivity index (χ0) is 22.9. The van der Waals surface area contributed by atoms with Crippen LogP contribution in [-0.2, 0) is 16.1 Å². The molecule has 2 aliphatic rings. The highest BCUT2D eigenvalue weighted by atomic mass is 19.1. The zero-order valence-electron chi connectivity index (χ0n) is 18.0. The fourth-order valence-corrected chi connectivity index (χ4v) is 4.26. The second-order valence-corrected chi connectivity index (χ2v) is 8.62. The molecule has 1 N–H and O–H groups in total. The Morgan fingerprint density at radius 2 is 1.67 bits per heavy atom. The molecule has 0 spiro atoms. The lowest BCUT2D eigenvalue weighted by atomic mass is 10.0. The van der Waals surface area contributed by atoms with Crippen LogP contribution >= 0.6 is 0 Å². The van der Waals surface area contributed by atoms with Crippen molar-refractivity contribution in [1.29, 1.82) is 0 Å². The molecule has 0 radical (unpaired) electrons. The molecule has 1 saturated heterocycles. The van der Waals surface area contributed by atoms with Crippen LogP contribution in [0.5, 0.6) is 0 Å². The SMILES string of the molecule is O=C1CC(O)CC(C=CCn2c(C3CC3)nc(-c3ccc(F)cc3)c2-c2ccc(F)cc2)O1. The Morgan fingerprint density at radius 3 is 2.27 bits per heavy atom. The van der Waals surface area contributed by atoms with Crippen LogP contribution in [0.2, 0.25) is 0 Å². The molecule has 1 aliphatic carbocycles. The molecule has 7 heteroatoms. The van der Waals surface area contributed by atoms with E-state index in [2.05, 4.69) is 4.57 Å². The summed E-state index contributed by atoms with van der Waals surface area (Å²) in [5.41, 5.74) is 3.14. The highest BCUT2D eigenvalue weighted by Gasteiger charge is 2.32. The van der Waals surface area contributed by atoms with Gasteiger partial charge in [0.15, 0.2) is 0 Å². The molecule has 5 rings (SSSR count). The Labute approximate surface area is 190 Å². The van der Waals surface area contributed by atoms with Gasteiger partial charge in [-0.2, -0.15) is 0 Å². The van der Waals surface area contributed by atoms with Gasteiger partial charge in [-0.3, -0.25) is 4.79 Å². The average Bonchev–Trinajstić information content (AvgIpc) is 3.56. The van der Waals surface area contributed by atoms with Crippen LogP contribution in [0.4, 0.5) is 8.78 Å². The lowest BCUT2D eigenvalue weighted by molar-refractivity contribution is -0.156. The van der Waals surface area contributed by atoms with Crippen molar-refractivity contribution in [2.45, 2.75) is 50.4 Å². The molecule has 5 nitrogen and oxygen atoms in total. The Morgan fingerprint density at radius 1 is 1.03 bits per heavy atom. The van der Waals surface area contributed by atoms with Gasteiger partial charge in [0.1, 0.15) is 23.6 Å². The summed E-state index contributed by atoms with van der Waals surface area (Å²) in [6.45, 7) is 0.469. The summed E-state index contributed by atoms with van der Waals surface area (Å²) in [7, 11) is 0. The monoisotopic (exact) mass is 450 g/mol. The van der Waals surface area contributed by atoms with Gasteiger partial charge in [-0.15, -0.1) is 0 Å². The number of carbonyl (C=O) groups is 1. The largest absolute Gasteiger partial charge is 0.458 e. The molecule has 2 heterocycles. The lowest BCUT2D eigenvalue weighted by Crippen LogP contribution is -2.31. The number of ether oxygens (including phenoxy) is 1. The number of aliphatic hydroxyl groups is 1. The summed E-state index contributed by atoms with van der Waals surface area (Å²) in [5.74, 6) is 0.208. The van der Waals surface area contributed by atoms with Crippen LogP contribution in [0.3, 0.4) is 0 Å². The maximum atomic E-state index is 13.6. The van der Waals surface area contributed by atoms with Gasteiger partial charge in [0, 0.05) is 30.0 Å². The van der Waals surface area contributed by atoms with Crippen molar-refractivity contribution in [1.82, 2.24) is 9.55 Å². The van der Waals surface area contributed by atoms with Crippen molar-refractivity contribution in [3.05, 3.63) is 78.1 Å². The molecule has 2 aromatic carbocycles. The number of cyclic esters (lactones) is 1. The number of hydrogen-bond acceptors (Lipinski definition) is 4. The lowest BCUT2D eigenvalue weighted by Gasteiger charge is -2.23. The van der Waals surface area contributed by atoms with E-state index in [1.165, 1.54) is 24.3 Å². The van der Waals surface area contributed by atoms with E-state index >= 15 is 0 Å². The number of allylic oxidation sites excluding steroid dienone is 1. The van der Waals surface area contributed by atoms with Crippen LogP contribution in [0, 0.1) is 11.6 Å². The van der Waals surface area contributed by atoms with Crippen LogP contribution in [0.25, 0.3) is 22.5 Å². The number of benzene rings is 2. The zero-order valence-corrected chi connectivity index (χ0v) is 18.0. The van der Waals surface area contributed by atoms with E-state index in [1.807, 2.05) is 6.08 Å². The molecule has 2 unspecified atom stereocenters. The summed E-state index contributed by atoms with van der Waals surface area (Å²) in [6, 6.07) is 12.5. The van der Waals surface area contributed by atoms with Gasteiger partial charge >= 0.3 is 5.97 Å². The number of carbonyl (C=O) groups excluding carboxylic acids is 1. The normalized spacial score (nSPS) is 20.9. The van der Waals surface area contributed by atoms with Crippen LogP contribution in [-0.4, -0.2) is 32.8 Å². The highest BCUT2D eigenvalue weighted by molar-refractivity contribution is 5.79. The minimum absolute atomic E-state index is 0.0213. The predicted octanol–water partition coefficient (Wildman–Crippen LogP) is 5.00. The third-order valence-electron chi connectivity index (χ3n) is 6.00. The van der Waals surface area contributed by atoms with Crippen molar-refractivity contribution in [3.63, 3.8) is 0 Å². The topological polar surface area (TPSA) is 64.3 Å². The van der Waals surface area contributed by atoms with Crippen LogP contribution in [0.15, 0.2) is 60.7 Å². The minimum atomic E-state index is -0.698. The molecule has 3 aromatic rings. The summed E-state index contributed by atoms with van der Waals surface area (Å²) >= 11 is 0. The van der Waals surface area contributed by atoms with Gasteiger partial charge in [0.2, 0.25) is 0 Å². The second-order valence-electron chi connectivity index (χ2n) is 8.62. The molecule has 0 bridgehead atoms. The van der Waals surface area contributed by atoms with Crippen molar-refractivity contribution in [2.75, 3.05) is 0 Å². The molecule has 1 saturated carbocycles. The number of esters is 1. The minimum Gasteiger partial charge on any atom is -0.458 e. The maximum Gasteiger partial charge on any atom is 0.309 e. The van der Waals surface area contributed by atoms with Gasteiger partial charge in [0.25, 0.3) is 0 Å². The number of imidazole rings is 1. The molecule has 170 valence electrons. The summed E-state index contributed by atoms with van der Waals surface area (Å²) in [5, 5.41) is 9.85. The molecule has 0 amide bonds. The van der Waals surface area contributed by atoms with E-state index in [1.54, 1.807) is 30.3 Å². The van der Waals surface area contributed by atoms with Crippen molar-refractivity contribution >= 4 is 5.97 Å². The van der Waals surface area contributed by atoms with E-state index < -0.39 is 18.2 Å². The number of halogens is 2. The fraction of sp³-hybridized carbons (Fsp3) is 0.308. The summed E-state index contributed by atoms with van der Waals surface area (Å²) in [4.78, 5) is 16.6. The van der Waals surface area contributed by atoms with Crippen LogP contribution < -0.4 is 0 Å². The third kappa shape index (κ3) is 4.73. The number of nitrogens with zero attached hydrogens (tertiary/aromatic N) is 2. The van der Waals surface area contributed by atoms with E-state index in [4.69, 9.17) is 9.72 Å². The predicted molar refractivity (Wildman–Crippen MR) is 119 cm³/mol. The first-order valence-corrected chi connectivity index (χ1v) is 11.1. The van der Waals surface area contributed by atoms with Gasteiger partial charge < -0.3 is 14.4 Å². The molecule has 1 aliphatic heterocycles. The van der Waals surface area contributed by atoms with E-state index in [0.29, 0.717) is 18.9 Å². The highest BCUT2D eigenvalue weighted by Crippen LogP contribution is 2.44. The van der Waals surface area contributed by atoms with E-state index in [9.17, 15) is 18.7 Å². The number of hydrogen-bond donors (Lipinski definition) is 1. The first kappa shape index (κ1) is 21.5. The van der Waals surface area contributed by atoms with Crippen molar-refractivity contribution < 1.29 is 23.4 Å². The average molecular weight is 450 g/mol. The molecular formula is C26H24F2N2O3. The molecule has 1 aromatic heterocycles. The number of aromatic nitrogens is 2. The van der Waals surface area contributed by atoms with E-state index in [0.717, 1.165) is 41.2 Å². The Bertz CT molecular complexity index is 1180. The van der Waals surface area contributed by atoms with Gasteiger partial charge in [-0.05, 0) is 67.4 Å². The quantitative estimate of drug-likeness (QED) is 0.424. The second kappa shape index (κ2) is 8.90. The van der Waals surface area contributed by atoms with Crippen molar-refractivity contribution in [3.8, 4) is 22.5 Å². The van der Waals surface area contributed by atoms with Gasteiger partial charge in [-0.25, -0.2) is 13.8 Å². The Hall–Kier alpha value is -3.32. The van der Waals surface area contributed by atoms with Crippen LogP contribution in [0.1, 0.15) is 37.4 Å². The van der Waals surface area contributed by atoms with Gasteiger partial charge in [0.05, 0.1) is 23.9 Å². The number of rotatable bonds is 6. The van der Waals surface area contributed by atoms with E-state index in [-0.39, 0.29) is 18.1 Å². The molecular weight excluding hydrogens is 426 g/mol. The summed E-state index contributed by atoms with van der Waals surface area (Å²) < 4.78 is 34.6. The van der Waals surface area contributed by atoms with Gasteiger partial charge in [-0.1, -0.05) is 6.08 Å². The first-order valence-electron chi connectivity index (χ1n) is 11.1. The first-order chi connectivity index (χ1) is 16.0. The Kier molecular flexibility index (Phi) is 5.81. The Balaban J connectivity index is 1.55.